The summed E-state index contributed by atoms with van der Waals surface area (Å²) in [4.78, 5) is 9.42. The normalized spacial score (nSPS) is 16.0. The maximum absolute atomic E-state index is 4.90. The summed E-state index contributed by atoms with van der Waals surface area (Å²) in [6.07, 6.45) is 4.78. The first-order valence-corrected chi connectivity index (χ1v) is 9.18. The number of hydrogen-bond donors (Lipinski definition) is 1. The van der Waals surface area contributed by atoms with E-state index in [1.54, 1.807) is 0 Å². The lowest BCUT2D eigenvalue weighted by Gasteiger charge is -2.25. The van der Waals surface area contributed by atoms with Crippen molar-refractivity contribution in [2.24, 2.45) is 18.0 Å². The molecule has 1 unspecified atom stereocenters. The predicted octanol–water partition coefficient (Wildman–Crippen LogP) is 3.14. The van der Waals surface area contributed by atoms with Crippen LogP contribution in [0.4, 0.5) is 0 Å². The Hall–Kier alpha value is -0.280. The van der Waals surface area contributed by atoms with E-state index >= 15 is 0 Å². The van der Waals surface area contributed by atoms with Crippen LogP contribution in [0.15, 0.2) is 21.7 Å². The lowest BCUT2D eigenvalue weighted by atomic mass is 10.2. The molecule has 1 saturated carbocycles. The topological polar surface area (TPSA) is 35.8 Å². The van der Waals surface area contributed by atoms with Crippen LogP contribution in [0.25, 0.3) is 0 Å². The van der Waals surface area contributed by atoms with Crippen LogP contribution in [-0.4, -0.2) is 60.6 Å². The van der Waals surface area contributed by atoms with Gasteiger partial charge in [-0.1, -0.05) is 0 Å². The molecule has 5 nitrogen and oxygen atoms in total. The van der Waals surface area contributed by atoms with E-state index < -0.39 is 0 Å². The molecule has 1 N–H and O–H groups in total. The number of rotatable bonds is 7. The molecule has 1 aromatic rings. The minimum Gasteiger partial charge on any atom is -0.357 e. The largest absolute Gasteiger partial charge is 0.357 e. The van der Waals surface area contributed by atoms with Crippen molar-refractivity contribution in [2.45, 2.75) is 32.4 Å². The number of hydrogen-bond acceptors (Lipinski definition) is 2. The molecule has 1 aliphatic rings. The number of aromatic nitrogens is 1. The molecule has 0 spiro atoms. The smallest absolute Gasteiger partial charge is 0.194 e. The van der Waals surface area contributed by atoms with Crippen LogP contribution in [0, 0.1) is 5.92 Å². The first kappa shape index (κ1) is 21.8. The van der Waals surface area contributed by atoms with Gasteiger partial charge in [0.1, 0.15) is 0 Å². The van der Waals surface area contributed by atoms with Crippen LogP contribution in [0.1, 0.15) is 25.5 Å². The Morgan fingerprint density at radius 1 is 1.42 bits per heavy atom. The van der Waals surface area contributed by atoms with Gasteiger partial charge in [0, 0.05) is 43.0 Å². The Balaban J connectivity index is 0.00000288. The summed E-state index contributed by atoms with van der Waals surface area (Å²) >= 11 is 3.54. The van der Waals surface area contributed by atoms with Crippen molar-refractivity contribution in [3.05, 3.63) is 22.4 Å². The number of aliphatic imine (C=N–C) groups is 1. The molecule has 0 saturated heterocycles. The summed E-state index contributed by atoms with van der Waals surface area (Å²) < 4.78 is 3.27. The summed E-state index contributed by atoms with van der Waals surface area (Å²) in [5.41, 5.74) is 1.26. The molecule has 0 aromatic carbocycles. The summed E-state index contributed by atoms with van der Waals surface area (Å²) in [5, 5.41) is 3.42. The van der Waals surface area contributed by atoms with Crippen molar-refractivity contribution in [1.29, 1.82) is 0 Å². The predicted molar refractivity (Wildman–Crippen MR) is 116 cm³/mol. The second kappa shape index (κ2) is 10.0. The summed E-state index contributed by atoms with van der Waals surface area (Å²) in [6, 6.07) is 2.72. The van der Waals surface area contributed by atoms with Crippen LogP contribution >= 0.6 is 39.9 Å². The number of aryl methyl sites for hydroxylation is 1. The molecule has 0 bridgehead atoms. The van der Waals surface area contributed by atoms with E-state index in [2.05, 4.69) is 83.0 Å². The third-order valence-corrected chi connectivity index (χ3v) is 4.86. The molecular weight excluding hydrogens is 481 g/mol. The fraction of sp³-hybridized carbons (Fsp3) is 0.706. The molecule has 138 valence electrons. The van der Waals surface area contributed by atoms with E-state index in [0.717, 1.165) is 36.0 Å². The monoisotopic (exact) mass is 511 g/mol. The molecule has 1 heterocycles. The second-order valence-corrected chi connectivity index (χ2v) is 7.60. The standard InChI is InChI=1S/C17H30BrN5.HI/c1-6-19-17(20-10-16(21(2)3)13-7-8-13)23(5)12-15-9-14(18)11-22(15)4;/h9,11,13,16H,6-8,10,12H2,1-5H3,(H,19,20);1H. The summed E-state index contributed by atoms with van der Waals surface area (Å²) in [7, 11) is 8.50. The van der Waals surface area contributed by atoms with E-state index in [9.17, 15) is 0 Å². The lowest BCUT2D eigenvalue weighted by molar-refractivity contribution is 0.270. The molecule has 1 aromatic heterocycles. The number of guanidine groups is 1. The first-order chi connectivity index (χ1) is 10.9. The highest BCUT2D eigenvalue weighted by Crippen LogP contribution is 2.34. The minimum atomic E-state index is 0. The molecule has 0 aliphatic heterocycles. The van der Waals surface area contributed by atoms with Gasteiger partial charge in [-0.15, -0.1) is 24.0 Å². The zero-order valence-electron chi connectivity index (χ0n) is 15.4. The Labute approximate surface area is 172 Å². The van der Waals surface area contributed by atoms with Crippen molar-refractivity contribution in [1.82, 2.24) is 19.7 Å². The van der Waals surface area contributed by atoms with Gasteiger partial charge in [-0.3, -0.25) is 4.99 Å². The first-order valence-electron chi connectivity index (χ1n) is 8.39. The van der Waals surface area contributed by atoms with Gasteiger partial charge in [0.2, 0.25) is 0 Å². The zero-order valence-corrected chi connectivity index (χ0v) is 19.3. The highest BCUT2D eigenvalue weighted by Gasteiger charge is 2.32. The van der Waals surface area contributed by atoms with Crippen molar-refractivity contribution in [2.75, 3.05) is 34.2 Å². The number of nitrogens with zero attached hydrogens (tertiary/aromatic N) is 4. The molecule has 0 amide bonds. The summed E-state index contributed by atoms with van der Waals surface area (Å²) in [6.45, 7) is 4.70. The van der Waals surface area contributed by atoms with Gasteiger partial charge in [0.25, 0.3) is 0 Å². The molecule has 7 heteroatoms. The maximum Gasteiger partial charge on any atom is 0.194 e. The van der Waals surface area contributed by atoms with Crippen LogP contribution in [0.2, 0.25) is 0 Å². The third-order valence-electron chi connectivity index (χ3n) is 4.43. The van der Waals surface area contributed by atoms with Gasteiger partial charge in [-0.2, -0.15) is 0 Å². The van der Waals surface area contributed by atoms with Gasteiger partial charge < -0.3 is 19.7 Å². The van der Waals surface area contributed by atoms with Crippen LogP contribution < -0.4 is 5.32 Å². The Kier molecular flexibility index (Phi) is 9.08. The quantitative estimate of drug-likeness (QED) is 0.347. The van der Waals surface area contributed by atoms with E-state index in [-0.39, 0.29) is 24.0 Å². The SMILES string of the molecule is CCNC(=NCC(C1CC1)N(C)C)N(C)Cc1cc(Br)cn1C.I. The van der Waals surface area contributed by atoms with E-state index in [4.69, 9.17) is 4.99 Å². The van der Waals surface area contributed by atoms with Crippen LogP contribution in [0.5, 0.6) is 0 Å². The van der Waals surface area contributed by atoms with Crippen LogP contribution in [0.3, 0.4) is 0 Å². The van der Waals surface area contributed by atoms with Gasteiger partial charge in [-0.25, -0.2) is 0 Å². The lowest BCUT2D eigenvalue weighted by Crippen LogP contribution is -2.40. The van der Waals surface area contributed by atoms with Gasteiger partial charge >= 0.3 is 0 Å². The molecule has 0 radical (unpaired) electrons. The highest BCUT2D eigenvalue weighted by atomic mass is 127. The molecule has 1 atom stereocenters. The minimum absolute atomic E-state index is 0. The average molecular weight is 512 g/mol. The number of nitrogens with one attached hydrogen (secondary N) is 1. The van der Waals surface area contributed by atoms with Crippen molar-refractivity contribution in [3.63, 3.8) is 0 Å². The van der Waals surface area contributed by atoms with Gasteiger partial charge in [0.05, 0.1) is 13.1 Å². The fourth-order valence-electron chi connectivity index (χ4n) is 2.91. The van der Waals surface area contributed by atoms with Crippen molar-refractivity contribution < 1.29 is 0 Å². The Bertz CT molecular complexity index is 537. The average Bonchev–Trinajstić information content (AvgIpc) is 3.24. The molecule has 24 heavy (non-hydrogen) atoms. The van der Waals surface area contributed by atoms with Gasteiger partial charge in [0.15, 0.2) is 5.96 Å². The second-order valence-electron chi connectivity index (χ2n) is 6.68. The van der Waals surface area contributed by atoms with Gasteiger partial charge in [-0.05, 0) is 61.8 Å². The maximum atomic E-state index is 4.90. The summed E-state index contributed by atoms with van der Waals surface area (Å²) in [5.74, 6) is 1.81. The Morgan fingerprint density at radius 2 is 2.08 bits per heavy atom. The van der Waals surface area contributed by atoms with E-state index in [0.29, 0.717) is 6.04 Å². The number of likely N-dealkylation sites (N-methyl/N-ethyl adjacent to an activating group) is 1. The molecule has 1 aliphatic carbocycles. The highest BCUT2D eigenvalue weighted by molar-refractivity contribution is 14.0. The van der Waals surface area contributed by atoms with Crippen LogP contribution in [-0.2, 0) is 13.6 Å². The van der Waals surface area contributed by atoms with Crippen molar-refractivity contribution >= 4 is 45.9 Å². The molecule has 2 rings (SSSR count). The fourth-order valence-corrected chi connectivity index (χ4v) is 3.48. The molecule has 1 fully saturated rings. The van der Waals surface area contributed by atoms with Crippen molar-refractivity contribution in [3.8, 4) is 0 Å². The number of halogens is 2. The zero-order chi connectivity index (χ0) is 17.0. The van der Waals surface area contributed by atoms with E-state index in [1.807, 2.05) is 0 Å². The Morgan fingerprint density at radius 3 is 2.54 bits per heavy atom. The molecular formula is C17H31BrIN5. The van der Waals surface area contributed by atoms with E-state index in [1.165, 1.54) is 18.5 Å². The third kappa shape index (κ3) is 6.22.